The van der Waals surface area contributed by atoms with Crippen molar-refractivity contribution in [2.24, 2.45) is 0 Å². The van der Waals surface area contributed by atoms with Crippen molar-refractivity contribution in [2.75, 3.05) is 20.1 Å². The van der Waals surface area contributed by atoms with Gasteiger partial charge in [-0.25, -0.2) is 4.39 Å². The van der Waals surface area contributed by atoms with E-state index in [1.165, 1.54) is 22.6 Å². The van der Waals surface area contributed by atoms with Crippen LogP contribution in [0.15, 0.2) is 48.5 Å². The fraction of sp³-hybridized carbons (Fsp3) is 0.200. The van der Waals surface area contributed by atoms with Gasteiger partial charge in [0.25, 0.3) is 5.69 Å². The summed E-state index contributed by atoms with van der Waals surface area (Å²) < 4.78 is 20.9. The number of halogens is 1. The van der Waals surface area contributed by atoms with Crippen LogP contribution < -0.4 is 4.74 Å². The van der Waals surface area contributed by atoms with Crippen LogP contribution in [0.2, 0.25) is 0 Å². The number of non-ortho nitro benzene ring substituents is 1. The fourth-order valence-electron chi connectivity index (χ4n) is 3.07. The molecule has 2 aromatic carbocycles. The maximum absolute atomic E-state index is 14.2. The van der Waals surface area contributed by atoms with E-state index in [0.717, 1.165) is 35.7 Å². The molecule has 1 aliphatic rings. The smallest absolute Gasteiger partial charge is 0.272 e. The third kappa shape index (κ3) is 3.56. The second-order valence-electron chi connectivity index (χ2n) is 6.50. The number of thiophene rings is 1. The summed E-state index contributed by atoms with van der Waals surface area (Å²) >= 11 is 1.62. The number of rotatable bonds is 4. The largest absolute Gasteiger partial charge is 0.453 e. The Balaban J connectivity index is 1.68. The highest BCUT2D eigenvalue weighted by atomic mass is 32.1. The third-order valence-corrected chi connectivity index (χ3v) is 5.82. The van der Waals surface area contributed by atoms with E-state index in [0.29, 0.717) is 5.75 Å². The zero-order valence-corrected chi connectivity index (χ0v) is 15.5. The molecule has 0 N–H and O–H groups in total. The van der Waals surface area contributed by atoms with Crippen molar-refractivity contribution in [1.82, 2.24) is 4.90 Å². The zero-order valence-electron chi connectivity index (χ0n) is 14.6. The molecule has 0 bridgehead atoms. The lowest BCUT2D eigenvalue weighted by atomic mass is 10.1. The third-order valence-electron chi connectivity index (χ3n) is 4.58. The molecule has 0 aliphatic carbocycles. The quantitative estimate of drug-likeness (QED) is 0.443. The van der Waals surface area contributed by atoms with E-state index in [-0.39, 0.29) is 11.4 Å². The fourth-order valence-corrected chi connectivity index (χ4v) is 4.25. The van der Waals surface area contributed by atoms with Gasteiger partial charge >= 0.3 is 0 Å². The summed E-state index contributed by atoms with van der Waals surface area (Å²) in [6.07, 6.45) is 3.24. The molecule has 1 aromatic heterocycles. The monoisotopic (exact) mass is 384 g/mol. The standard InChI is InChI=1S/C20H17FN2O3S/c1-22-9-7-13(8-10-22)19-11-14-3-2-4-18(20(14)27-19)26-17-6-5-15(23(24)25)12-16(17)21/h2-7,11-12H,8-10H2,1H3. The molecule has 0 saturated carbocycles. The van der Waals surface area contributed by atoms with Gasteiger partial charge in [0.05, 0.1) is 15.7 Å². The molecule has 5 nitrogen and oxygen atoms in total. The lowest BCUT2D eigenvalue weighted by Crippen LogP contribution is -2.23. The summed E-state index contributed by atoms with van der Waals surface area (Å²) in [5, 5.41) is 11.8. The average molecular weight is 384 g/mol. The van der Waals surface area contributed by atoms with E-state index in [1.807, 2.05) is 12.1 Å². The molecule has 138 valence electrons. The van der Waals surface area contributed by atoms with Crippen molar-refractivity contribution in [3.05, 3.63) is 69.3 Å². The van der Waals surface area contributed by atoms with Gasteiger partial charge in [-0.2, -0.15) is 0 Å². The molecule has 0 fully saturated rings. The van der Waals surface area contributed by atoms with Crippen LogP contribution in [0.5, 0.6) is 11.5 Å². The lowest BCUT2D eigenvalue weighted by Gasteiger charge is -2.21. The van der Waals surface area contributed by atoms with Gasteiger partial charge in [-0.3, -0.25) is 10.1 Å². The Kier molecular flexibility index (Phi) is 4.63. The number of nitrogens with zero attached hydrogens (tertiary/aromatic N) is 2. The number of hydrogen-bond donors (Lipinski definition) is 0. The van der Waals surface area contributed by atoms with Gasteiger partial charge in [0.15, 0.2) is 11.6 Å². The first-order valence-electron chi connectivity index (χ1n) is 8.53. The minimum absolute atomic E-state index is 0.0263. The molecule has 0 atom stereocenters. The molecule has 4 rings (SSSR count). The molecule has 3 aromatic rings. The number of hydrogen-bond acceptors (Lipinski definition) is 5. The van der Waals surface area contributed by atoms with E-state index < -0.39 is 10.7 Å². The molecule has 0 radical (unpaired) electrons. The maximum atomic E-state index is 14.2. The maximum Gasteiger partial charge on any atom is 0.272 e. The van der Waals surface area contributed by atoms with Crippen LogP contribution in [0.25, 0.3) is 15.7 Å². The van der Waals surface area contributed by atoms with Crippen LogP contribution in [0, 0.1) is 15.9 Å². The van der Waals surface area contributed by atoms with Crippen LogP contribution in [-0.4, -0.2) is 30.0 Å². The summed E-state index contributed by atoms with van der Waals surface area (Å²) in [6, 6.07) is 11.2. The Hall–Kier alpha value is -2.77. The van der Waals surface area contributed by atoms with Gasteiger partial charge < -0.3 is 9.64 Å². The van der Waals surface area contributed by atoms with Gasteiger partial charge in [-0.05, 0) is 42.6 Å². The molecule has 0 saturated heterocycles. The first-order chi connectivity index (χ1) is 13.0. The van der Waals surface area contributed by atoms with Crippen LogP contribution in [-0.2, 0) is 0 Å². The minimum atomic E-state index is -0.754. The molecule has 2 heterocycles. The zero-order chi connectivity index (χ0) is 19.0. The predicted molar refractivity (Wildman–Crippen MR) is 105 cm³/mol. The van der Waals surface area contributed by atoms with E-state index >= 15 is 0 Å². The molecule has 7 heteroatoms. The first kappa shape index (κ1) is 17.6. The summed E-state index contributed by atoms with van der Waals surface area (Å²) in [6.45, 7) is 1.96. The Morgan fingerprint density at radius 2 is 2.07 bits per heavy atom. The molecular formula is C20H17FN2O3S. The van der Waals surface area contributed by atoms with Crippen molar-refractivity contribution in [1.29, 1.82) is 0 Å². The van der Waals surface area contributed by atoms with E-state index in [1.54, 1.807) is 17.4 Å². The second kappa shape index (κ2) is 7.09. The highest BCUT2D eigenvalue weighted by Gasteiger charge is 2.16. The van der Waals surface area contributed by atoms with Crippen molar-refractivity contribution >= 4 is 32.7 Å². The Morgan fingerprint density at radius 3 is 2.78 bits per heavy atom. The molecule has 0 spiro atoms. The van der Waals surface area contributed by atoms with Gasteiger partial charge in [0, 0.05) is 24.0 Å². The number of nitro groups is 1. The van der Waals surface area contributed by atoms with E-state index in [9.17, 15) is 14.5 Å². The van der Waals surface area contributed by atoms with Crippen LogP contribution in [0.4, 0.5) is 10.1 Å². The molecule has 0 amide bonds. The summed E-state index contributed by atoms with van der Waals surface area (Å²) in [5.74, 6) is -0.234. The van der Waals surface area contributed by atoms with Crippen LogP contribution in [0.1, 0.15) is 11.3 Å². The van der Waals surface area contributed by atoms with Gasteiger partial charge in [0.2, 0.25) is 0 Å². The lowest BCUT2D eigenvalue weighted by molar-refractivity contribution is -0.385. The molecule has 27 heavy (non-hydrogen) atoms. The Bertz CT molecular complexity index is 1060. The Morgan fingerprint density at radius 1 is 1.22 bits per heavy atom. The van der Waals surface area contributed by atoms with Crippen molar-refractivity contribution < 1.29 is 14.1 Å². The highest BCUT2D eigenvalue weighted by molar-refractivity contribution is 7.20. The topological polar surface area (TPSA) is 55.6 Å². The minimum Gasteiger partial charge on any atom is -0.453 e. The normalized spacial score (nSPS) is 15.0. The predicted octanol–water partition coefficient (Wildman–Crippen LogP) is 5.46. The van der Waals surface area contributed by atoms with E-state index in [4.69, 9.17) is 4.74 Å². The summed E-state index contributed by atoms with van der Waals surface area (Å²) in [4.78, 5) is 13.6. The molecule has 0 unspecified atom stereocenters. The number of ether oxygens (including phenoxy) is 1. The summed E-state index contributed by atoms with van der Waals surface area (Å²) in [5.41, 5.74) is 1.02. The van der Waals surface area contributed by atoms with Crippen LogP contribution >= 0.6 is 11.3 Å². The van der Waals surface area contributed by atoms with Gasteiger partial charge in [-0.1, -0.05) is 18.2 Å². The number of benzene rings is 2. The van der Waals surface area contributed by atoms with Crippen molar-refractivity contribution in [3.63, 3.8) is 0 Å². The molecular weight excluding hydrogens is 367 g/mol. The number of likely N-dealkylation sites (N-methyl/N-ethyl adjacent to an activating group) is 1. The Labute approximate surface area is 159 Å². The van der Waals surface area contributed by atoms with Crippen molar-refractivity contribution in [3.8, 4) is 11.5 Å². The number of fused-ring (bicyclic) bond motifs is 1. The summed E-state index contributed by atoms with van der Waals surface area (Å²) in [7, 11) is 2.10. The highest BCUT2D eigenvalue weighted by Crippen LogP contribution is 2.40. The van der Waals surface area contributed by atoms with E-state index in [2.05, 4.69) is 24.1 Å². The average Bonchev–Trinajstić information content (AvgIpc) is 3.09. The SMILES string of the molecule is CN1CC=C(c2cc3cccc(Oc4ccc([N+](=O)[O-])cc4F)c3s2)CC1. The first-order valence-corrected chi connectivity index (χ1v) is 9.35. The van der Waals surface area contributed by atoms with Gasteiger partial charge in [0.1, 0.15) is 5.75 Å². The van der Waals surface area contributed by atoms with Crippen LogP contribution in [0.3, 0.4) is 0 Å². The van der Waals surface area contributed by atoms with Gasteiger partial charge in [-0.15, -0.1) is 11.3 Å². The second-order valence-corrected chi connectivity index (χ2v) is 7.55. The number of nitro benzene ring substituents is 1. The van der Waals surface area contributed by atoms with Crippen molar-refractivity contribution in [2.45, 2.75) is 6.42 Å². The molecule has 1 aliphatic heterocycles.